The van der Waals surface area contributed by atoms with E-state index >= 15 is 0 Å². The lowest BCUT2D eigenvalue weighted by molar-refractivity contribution is -0.120. The van der Waals surface area contributed by atoms with Crippen molar-refractivity contribution in [2.75, 3.05) is 18.0 Å². The molecule has 0 spiro atoms. The van der Waals surface area contributed by atoms with Crippen LogP contribution in [0.2, 0.25) is 0 Å². The monoisotopic (exact) mass is 310 g/mol. The molecule has 1 aromatic heterocycles. The molecular weight excluding hydrogens is 288 g/mol. The summed E-state index contributed by atoms with van der Waals surface area (Å²) < 4.78 is 0. The van der Waals surface area contributed by atoms with Crippen molar-refractivity contribution in [1.82, 2.24) is 15.3 Å². The van der Waals surface area contributed by atoms with Crippen molar-refractivity contribution >= 4 is 11.9 Å². The first-order chi connectivity index (χ1) is 11.2. The second-order valence-electron chi connectivity index (χ2n) is 5.93. The van der Waals surface area contributed by atoms with Crippen molar-refractivity contribution in [1.29, 1.82) is 0 Å². The van der Waals surface area contributed by atoms with Gasteiger partial charge < -0.3 is 10.2 Å². The van der Waals surface area contributed by atoms with E-state index in [4.69, 9.17) is 0 Å². The predicted octanol–water partition coefficient (Wildman–Crippen LogP) is 2.24. The Morgan fingerprint density at radius 2 is 1.91 bits per heavy atom. The standard InChI is InChI=1S/C18H22N4O/c1-14-11-16(21-18(20-14)22-9-5-6-10-22)13-19-17(23)12-15-7-3-2-4-8-15/h2-4,7-8,11H,5-6,9-10,12-13H2,1H3,(H,19,23). The average Bonchev–Trinajstić information content (AvgIpc) is 3.08. The van der Waals surface area contributed by atoms with E-state index in [2.05, 4.69) is 20.2 Å². The summed E-state index contributed by atoms with van der Waals surface area (Å²) in [6.07, 6.45) is 2.78. The molecule has 0 radical (unpaired) electrons. The molecule has 0 aliphatic carbocycles. The highest BCUT2D eigenvalue weighted by Crippen LogP contribution is 2.16. The highest BCUT2D eigenvalue weighted by molar-refractivity contribution is 5.78. The van der Waals surface area contributed by atoms with Gasteiger partial charge in [0.05, 0.1) is 18.7 Å². The zero-order chi connectivity index (χ0) is 16.1. The van der Waals surface area contributed by atoms with Gasteiger partial charge in [-0.3, -0.25) is 4.79 Å². The predicted molar refractivity (Wildman–Crippen MR) is 90.2 cm³/mol. The summed E-state index contributed by atoms with van der Waals surface area (Å²) in [5.74, 6) is 0.796. The Hall–Kier alpha value is -2.43. The fourth-order valence-electron chi connectivity index (χ4n) is 2.80. The lowest BCUT2D eigenvalue weighted by Crippen LogP contribution is -2.26. The number of carbonyl (C=O) groups is 1. The van der Waals surface area contributed by atoms with Gasteiger partial charge in [0.2, 0.25) is 11.9 Å². The quantitative estimate of drug-likeness (QED) is 0.920. The third-order valence-corrected chi connectivity index (χ3v) is 3.96. The Kier molecular flexibility index (Phi) is 4.86. The normalized spacial score (nSPS) is 14.0. The molecular formula is C18H22N4O. The number of aryl methyl sites for hydroxylation is 1. The van der Waals surface area contributed by atoms with Gasteiger partial charge in [0, 0.05) is 18.8 Å². The van der Waals surface area contributed by atoms with Crippen molar-refractivity contribution in [3.05, 3.63) is 53.3 Å². The molecule has 1 fully saturated rings. The van der Waals surface area contributed by atoms with Gasteiger partial charge in [-0.25, -0.2) is 9.97 Å². The SMILES string of the molecule is Cc1cc(CNC(=O)Cc2ccccc2)nc(N2CCCC2)n1. The van der Waals surface area contributed by atoms with E-state index in [1.54, 1.807) is 0 Å². The fraction of sp³-hybridized carbons (Fsp3) is 0.389. The molecule has 5 nitrogen and oxygen atoms in total. The number of anilines is 1. The van der Waals surface area contributed by atoms with Gasteiger partial charge in [-0.15, -0.1) is 0 Å². The van der Waals surface area contributed by atoms with Crippen LogP contribution in [0, 0.1) is 6.92 Å². The molecule has 1 saturated heterocycles. The highest BCUT2D eigenvalue weighted by Gasteiger charge is 2.16. The number of rotatable bonds is 5. The van der Waals surface area contributed by atoms with Gasteiger partial charge >= 0.3 is 0 Å². The maximum Gasteiger partial charge on any atom is 0.225 e. The maximum atomic E-state index is 12.0. The minimum absolute atomic E-state index is 0.00943. The van der Waals surface area contributed by atoms with Crippen molar-refractivity contribution < 1.29 is 4.79 Å². The summed E-state index contributed by atoms with van der Waals surface area (Å²) >= 11 is 0. The van der Waals surface area contributed by atoms with Gasteiger partial charge in [0.15, 0.2) is 0 Å². The summed E-state index contributed by atoms with van der Waals surface area (Å²) in [6.45, 7) is 4.44. The smallest absolute Gasteiger partial charge is 0.225 e. The van der Waals surface area contributed by atoms with Crippen LogP contribution in [0.4, 0.5) is 5.95 Å². The van der Waals surface area contributed by atoms with E-state index in [0.717, 1.165) is 36.0 Å². The molecule has 1 aromatic carbocycles. The highest BCUT2D eigenvalue weighted by atomic mass is 16.1. The number of amides is 1. The zero-order valence-corrected chi connectivity index (χ0v) is 13.5. The topological polar surface area (TPSA) is 58.1 Å². The van der Waals surface area contributed by atoms with Gasteiger partial charge in [-0.05, 0) is 31.4 Å². The third kappa shape index (κ3) is 4.28. The fourth-order valence-corrected chi connectivity index (χ4v) is 2.80. The van der Waals surface area contributed by atoms with E-state index in [0.29, 0.717) is 13.0 Å². The first-order valence-electron chi connectivity index (χ1n) is 8.11. The van der Waals surface area contributed by atoms with Crippen LogP contribution in [-0.2, 0) is 17.8 Å². The molecule has 23 heavy (non-hydrogen) atoms. The molecule has 1 aliphatic rings. The number of nitrogens with one attached hydrogen (secondary N) is 1. The third-order valence-electron chi connectivity index (χ3n) is 3.96. The van der Waals surface area contributed by atoms with Crippen LogP contribution in [0.3, 0.4) is 0 Å². The van der Waals surface area contributed by atoms with Crippen LogP contribution >= 0.6 is 0 Å². The van der Waals surface area contributed by atoms with Crippen LogP contribution < -0.4 is 10.2 Å². The molecule has 1 amide bonds. The first kappa shape index (κ1) is 15.5. The summed E-state index contributed by atoms with van der Waals surface area (Å²) in [5.41, 5.74) is 2.82. The number of carbonyl (C=O) groups excluding carboxylic acids is 1. The lowest BCUT2D eigenvalue weighted by Gasteiger charge is -2.16. The minimum atomic E-state index is 0.00943. The van der Waals surface area contributed by atoms with E-state index in [-0.39, 0.29) is 5.91 Å². The summed E-state index contributed by atoms with van der Waals surface area (Å²) in [7, 11) is 0. The molecule has 120 valence electrons. The molecule has 3 rings (SSSR count). The van der Waals surface area contributed by atoms with Gasteiger partial charge in [0.25, 0.3) is 0 Å². The molecule has 0 saturated carbocycles. The maximum absolute atomic E-state index is 12.0. The van der Waals surface area contributed by atoms with Crippen LogP contribution in [0.15, 0.2) is 36.4 Å². The van der Waals surface area contributed by atoms with E-state index in [1.807, 2.05) is 43.3 Å². The van der Waals surface area contributed by atoms with Crippen molar-refractivity contribution in [2.24, 2.45) is 0 Å². The lowest BCUT2D eigenvalue weighted by atomic mass is 10.1. The van der Waals surface area contributed by atoms with Gasteiger partial charge in [-0.2, -0.15) is 0 Å². The van der Waals surface area contributed by atoms with Crippen LogP contribution in [0.5, 0.6) is 0 Å². The summed E-state index contributed by atoms with van der Waals surface area (Å²) in [5, 5.41) is 2.94. The van der Waals surface area contributed by atoms with Crippen LogP contribution in [0.1, 0.15) is 29.8 Å². The van der Waals surface area contributed by atoms with Crippen molar-refractivity contribution in [3.8, 4) is 0 Å². The van der Waals surface area contributed by atoms with Crippen molar-refractivity contribution in [2.45, 2.75) is 32.7 Å². The summed E-state index contributed by atoms with van der Waals surface area (Å²) in [6, 6.07) is 11.7. The molecule has 0 atom stereocenters. The Morgan fingerprint density at radius 1 is 1.17 bits per heavy atom. The van der Waals surface area contributed by atoms with E-state index in [1.165, 1.54) is 12.8 Å². The second-order valence-corrected chi connectivity index (χ2v) is 5.93. The number of hydrogen-bond acceptors (Lipinski definition) is 4. The largest absolute Gasteiger partial charge is 0.350 e. The molecule has 2 aromatic rings. The Balaban J connectivity index is 1.60. The Bertz CT molecular complexity index is 666. The number of benzene rings is 1. The molecule has 2 heterocycles. The minimum Gasteiger partial charge on any atom is -0.350 e. The van der Waals surface area contributed by atoms with Crippen LogP contribution in [-0.4, -0.2) is 29.0 Å². The van der Waals surface area contributed by atoms with Gasteiger partial charge in [-0.1, -0.05) is 30.3 Å². The Morgan fingerprint density at radius 3 is 2.65 bits per heavy atom. The van der Waals surface area contributed by atoms with Crippen LogP contribution in [0.25, 0.3) is 0 Å². The van der Waals surface area contributed by atoms with E-state index < -0.39 is 0 Å². The van der Waals surface area contributed by atoms with Gasteiger partial charge in [0.1, 0.15) is 0 Å². The summed E-state index contributed by atoms with van der Waals surface area (Å²) in [4.78, 5) is 23.4. The molecule has 5 heteroatoms. The van der Waals surface area contributed by atoms with Crippen molar-refractivity contribution in [3.63, 3.8) is 0 Å². The molecule has 1 aliphatic heterocycles. The number of nitrogens with zero attached hydrogens (tertiary/aromatic N) is 3. The zero-order valence-electron chi connectivity index (χ0n) is 13.5. The molecule has 1 N–H and O–H groups in total. The number of aromatic nitrogens is 2. The average molecular weight is 310 g/mol. The molecule has 0 unspecified atom stereocenters. The second kappa shape index (κ2) is 7.22. The first-order valence-corrected chi connectivity index (χ1v) is 8.11. The molecule has 0 bridgehead atoms. The van der Waals surface area contributed by atoms with E-state index in [9.17, 15) is 4.79 Å². The number of hydrogen-bond donors (Lipinski definition) is 1. The Labute approximate surface area is 136 Å².